The van der Waals surface area contributed by atoms with Crippen molar-refractivity contribution in [3.63, 3.8) is 0 Å². The number of aromatic nitrogens is 1. The Morgan fingerprint density at radius 1 is 1.06 bits per heavy atom. The van der Waals surface area contributed by atoms with E-state index in [1.54, 1.807) is 0 Å². The largest absolute Gasteiger partial charge is 0.348 e. The van der Waals surface area contributed by atoms with E-state index in [1.165, 1.54) is 0 Å². The van der Waals surface area contributed by atoms with Crippen LogP contribution in [0.4, 0.5) is 5.69 Å². The van der Waals surface area contributed by atoms with Gasteiger partial charge in [-0.1, -0.05) is 78.7 Å². The summed E-state index contributed by atoms with van der Waals surface area (Å²) in [7, 11) is 2.06. The molecule has 2 heterocycles. The Balaban J connectivity index is 1.68. The fourth-order valence-electron chi connectivity index (χ4n) is 5.48. The number of carbonyl (C=O) groups is 2. The number of carbonyl (C=O) groups excluding carboxylic acids is 2. The molecule has 1 aliphatic heterocycles. The highest BCUT2D eigenvalue weighted by Crippen LogP contribution is 2.45. The maximum absolute atomic E-state index is 14.0. The Kier molecular flexibility index (Phi) is 6.47. The number of rotatable bonds is 6. The van der Waals surface area contributed by atoms with Crippen LogP contribution in [0, 0.1) is 12.8 Å². The molecule has 0 saturated carbocycles. The Hall–Kier alpha value is -3.38. The van der Waals surface area contributed by atoms with Gasteiger partial charge in [-0.25, -0.2) is 0 Å². The molecule has 1 aliphatic rings. The van der Waals surface area contributed by atoms with E-state index in [2.05, 4.69) is 65.8 Å². The van der Waals surface area contributed by atoms with Crippen molar-refractivity contribution < 1.29 is 9.59 Å². The highest BCUT2D eigenvalue weighted by molar-refractivity contribution is 9.10. The molecular formula is C30H30BrN3O2. The van der Waals surface area contributed by atoms with Crippen LogP contribution in [0.5, 0.6) is 0 Å². The third kappa shape index (κ3) is 3.94. The van der Waals surface area contributed by atoms with Gasteiger partial charge in [0.2, 0.25) is 5.91 Å². The number of anilines is 1. The lowest BCUT2D eigenvalue weighted by Gasteiger charge is -2.36. The number of nitrogens with zero attached hydrogens (tertiary/aromatic N) is 2. The van der Waals surface area contributed by atoms with Crippen LogP contribution in [-0.2, 0) is 11.8 Å². The number of aryl methyl sites for hydroxylation is 1. The molecule has 3 unspecified atom stereocenters. The zero-order valence-electron chi connectivity index (χ0n) is 21.0. The third-order valence-electron chi connectivity index (χ3n) is 7.56. The summed E-state index contributed by atoms with van der Waals surface area (Å²) < 4.78 is 3.06. The molecule has 1 aromatic heterocycles. The first-order valence-electron chi connectivity index (χ1n) is 12.3. The molecule has 0 aliphatic carbocycles. The average molecular weight is 544 g/mol. The Morgan fingerprint density at radius 2 is 1.78 bits per heavy atom. The molecule has 4 aromatic rings. The van der Waals surface area contributed by atoms with Crippen molar-refractivity contribution >= 4 is 44.3 Å². The summed E-state index contributed by atoms with van der Waals surface area (Å²) in [5, 5.41) is 4.19. The van der Waals surface area contributed by atoms with Crippen molar-refractivity contribution in [3.8, 4) is 0 Å². The van der Waals surface area contributed by atoms with E-state index in [-0.39, 0.29) is 23.8 Å². The lowest BCUT2D eigenvalue weighted by molar-refractivity contribution is -0.122. The average Bonchev–Trinajstić information content (AvgIpc) is 3.29. The van der Waals surface area contributed by atoms with E-state index in [0.717, 1.165) is 38.6 Å². The SMILES string of the molecule is CCC(C)C(C(=O)Nc1cccc(Br)c1)N1C(=O)c2ccccc2C1c1c(C)n(C)c2ccccc12. The van der Waals surface area contributed by atoms with Crippen molar-refractivity contribution in [1.82, 2.24) is 9.47 Å². The van der Waals surface area contributed by atoms with E-state index < -0.39 is 6.04 Å². The van der Waals surface area contributed by atoms with Gasteiger partial charge in [-0.2, -0.15) is 0 Å². The molecule has 0 fully saturated rings. The first kappa shape index (κ1) is 24.3. The summed E-state index contributed by atoms with van der Waals surface area (Å²) in [6.45, 7) is 6.21. The molecule has 0 radical (unpaired) electrons. The van der Waals surface area contributed by atoms with Crippen LogP contribution < -0.4 is 5.32 Å². The summed E-state index contributed by atoms with van der Waals surface area (Å²) in [5.74, 6) is -0.322. The second-order valence-electron chi connectivity index (χ2n) is 9.61. The molecule has 5 nitrogen and oxygen atoms in total. The zero-order valence-corrected chi connectivity index (χ0v) is 22.5. The van der Waals surface area contributed by atoms with Crippen LogP contribution >= 0.6 is 15.9 Å². The monoisotopic (exact) mass is 543 g/mol. The molecule has 5 rings (SSSR count). The smallest absolute Gasteiger partial charge is 0.255 e. The van der Waals surface area contributed by atoms with Crippen molar-refractivity contribution in [2.45, 2.75) is 39.3 Å². The van der Waals surface area contributed by atoms with Gasteiger partial charge < -0.3 is 14.8 Å². The van der Waals surface area contributed by atoms with Crippen molar-refractivity contribution in [2.24, 2.45) is 13.0 Å². The maximum Gasteiger partial charge on any atom is 0.255 e. The van der Waals surface area contributed by atoms with Crippen molar-refractivity contribution in [2.75, 3.05) is 5.32 Å². The van der Waals surface area contributed by atoms with Gasteiger partial charge >= 0.3 is 0 Å². The van der Waals surface area contributed by atoms with Crippen LogP contribution in [0.15, 0.2) is 77.3 Å². The van der Waals surface area contributed by atoms with Crippen LogP contribution in [0.2, 0.25) is 0 Å². The summed E-state index contributed by atoms with van der Waals surface area (Å²) in [4.78, 5) is 29.8. The molecule has 0 spiro atoms. The highest BCUT2D eigenvalue weighted by Gasteiger charge is 2.46. The van der Waals surface area contributed by atoms with Crippen LogP contribution in [0.3, 0.4) is 0 Å². The number of amides is 2. The normalized spacial score (nSPS) is 16.8. The minimum atomic E-state index is -0.641. The molecule has 0 bridgehead atoms. The van der Waals surface area contributed by atoms with Gasteiger partial charge in [0, 0.05) is 44.9 Å². The van der Waals surface area contributed by atoms with Gasteiger partial charge in [-0.05, 0) is 48.7 Å². The molecule has 3 aromatic carbocycles. The first-order valence-corrected chi connectivity index (χ1v) is 13.1. The van der Waals surface area contributed by atoms with Crippen LogP contribution in [0.1, 0.15) is 53.5 Å². The first-order chi connectivity index (χ1) is 17.3. The molecule has 184 valence electrons. The van der Waals surface area contributed by atoms with Crippen LogP contribution in [-0.4, -0.2) is 27.3 Å². The van der Waals surface area contributed by atoms with E-state index in [9.17, 15) is 9.59 Å². The number of hydrogen-bond acceptors (Lipinski definition) is 2. The summed E-state index contributed by atoms with van der Waals surface area (Å²) in [5.41, 5.74) is 5.59. The fraction of sp³-hybridized carbons (Fsp3) is 0.267. The standard InChI is InChI=1S/C30H30BrN3O2/c1-5-18(2)27(29(35)32-21-12-10-11-20(31)17-21)34-28(22-13-6-7-14-23(22)30(34)36)26-19(3)33(4)25-16-9-8-15-24(25)26/h6-18,27-28H,5H2,1-4H3,(H,32,35). The topological polar surface area (TPSA) is 54.3 Å². The highest BCUT2D eigenvalue weighted by atomic mass is 79.9. The van der Waals surface area contributed by atoms with Gasteiger partial charge in [-0.3, -0.25) is 9.59 Å². The van der Waals surface area contributed by atoms with E-state index >= 15 is 0 Å². The minimum absolute atomic E-state index is 0.0480. The molecule has 0 saturated heterocycles. The molecule has 6 heteroatoms. The molecule has 2 amide bonds. The fourth-order valence-corrected chi connectivity index (χ4v) is 5.88. The van der Waals surface area contributed by atoms with E-state index in [1.807, 2.05) is 65.6 Å². The predicted octanol–water partition coefficient (Wildman–Crippen LogP) is 6.85. The number of benzene rings is 3. The van der Waals surface area contributed by atoms with Gasteiger partial charge in [0.1, 0.15) is 6.04 Å². The second-order valence-corrected chi connectivity index (χ2v) is 10.5. The van der Waals surface area contributed by atoms with Gasteiger partial charge in [0.05, 0.1) is 6.04 Å². The molecule has 3 atom stereocenters. The summed E-state index contributed by atoms with van der Waals surface area (Å²) in [6, 6.07) is 22.6. The van der Waals surface area contributed by atoms with Crippen molar-refractivity contribution in [1.29, 1.82) is 0 Å². The van der Waals surface area contributed by atoms with Crippen LogP contribution in [0.25, 0.3) is 10.9 Å². The quantitative estimate of drug-likeness (QED) is 0.289. The lowest BCUT2D eigenvalue weighted by atomic mass is 9.91. The number of halogens is 1. The third-order valence-corrected chi connectivity index (χ3v) is 8.06. The van der Waals surface area contributed by atoms with E-state index in [4.69, 9.17) is 0 Å². The lowest BCUT2D eigenvalue weighted by Crippen LogP contribution is -2.50. The zero-order chi connectivity index (χ0) is 25.6. The Bertz CT molecular complexity index is 1470. The number of hydrogen-bond donors (Lipinski definition) is 1. The van der Waals surface area contributed by atoms with Gasteiger partial charge in [-0.15, -0.1) is 0 Å². The summed E-state index contributed by atoms with van der Waals surface area (Å²) in [6.07, 6.45) is 0.762. The Morgan fingerprint density at radius 3 is 2.53 bits per heavy atom. The number of para-hydroxylation sites is 1. The molecular weight excluding hydrogens is 514 g/mol. The number of fused-ring (bicyclic) bond motifs is 2. The maximum atomic E-state index is 14.0. The second kappa shape index (κ2) is 9.58. The van der Waals surface area contributed by atoms with Gasteiger partial charge in [0.15, 0.2) is 0 Å². The molecule has 1 N–H and O–H groups in total. The Labute approximate surface area is 220 Å². The predicted molar refractivity (Wildman–Crippen MR) is 148 cm³/mol. The summed E-state index contributed by atoms with van der Waals surface area (Å²) >= 11 is 3.48. The minimum Gasteiger partial charge on any atom is -0.348 e. The number of nitrogens with one attached hydrogen (secondary N) is 1. The van der Waals surface area contributed by atoms with E-state index in [0.29, 0.717) is 11.3 Å². The van der Waals surface area contributed by atoms with Crippen molar-refractivity contribution in [3.05, 3.63) is 99.7 Å². The molecule has 36 heavy (non-hydrogen) atoms. The van der Waals surface area contributed by atoms with Gasteiger partial charge in [0.25, 0.3) is 5.91 Å².